The van der Waals surface area contributed by atoms with E-state index >= 15 is 0 Å². The van der Waals surface area contributed by atoms with Crippen LogP contribution in [0.25, 0.3) is 0 Å². The van der Waals surface area contributed by atoms with Gasteiger partial charge in [-0.2, -0.15) is 0 Å². The number of aliphatic imine (C=N–C) groups is 1. The Morgan fingerprint density at radius 2 is 2.11 bits per heavy atom. The number of benzene rings is 1. The molecule has 1 aliphatic carbocycles. The zero-order chi connectivity index (χ0) is 19.0. The highest BCUT2D eigenvalue weighted by Gasteiger charge is 2.44. The first-order valence-corrected chi connectivity index (χ1v) is 11.0. The van der Waals surface area contributed by atoms with E-state index in [-0.39, 0.29) is 5.41 Å². The van der Waals surface area contributed by atoms with Gasteiger partial charge in [0, 0.05) is 42.8 Å². The van der Waals surface area contributed by atoms with Crippen LogP contribution in [0, 0.1) is 0 Å². The minimum atomic E-state index is 0.221. The number of hydrogen-bond acceptors (Lipinski definition) is 3. The van der Waals surface area contributed by atoms with Gasteiger partial charge in [-0.25, -0.2) is 0 Å². The SMILES string of the molecule is CCNC(=NCC1(c2cccc(Br)c2)CC1)NCCCOC1CCOCC1. The second-order valence-corrected chi connectivity index (χ2v) is 8.36. The van der Waals surface area contributed by atoms with E-state index < -0.39 is 0 Å². The third kappa shape index (κ3) is 6.47. The van der Waals surface area contributed by atoms with Gasteiger partial charge < -0.3 is 20.1 Å². The van der Waals surface area contributed by atoms with Gasteiger partial charge in [-0.3, -0.25) is 4.99 Å². The van der Waals surface area contributed by atoms with Crippen LogP contribution in [0.15, 0.2) is 33.7 Å². The van der Waals surface area contributed by atoms with Gasteiger partial charge in [0.1, 0.15) is 0 Å². The molecule has 6 heteroatoms. The van der Waals surface area contributed by atoms with Crippen LogP contribution < -0.4 is 10.6 Å². The molecule has 0 radical (unpaired) electrons. The topological polar surface area (TPSA) is 54.9 Å². The molecular formula is C21H32BrN3O2. The Bertz CT molecular complexity index is 613. The van der Waals surface area contributed by atoms with Gasteiger partial charge in [0.05, 0.1) is 12.6 Å². The molecule has 0 spiro atoms. The molecule has 2 aliphatic rings. The smallest absolute Gasteiger partial charge is 0.191 e. The van der Waals surface area contributed by atoms with Crippen LogP contribution in [0.2, 0.25) is 0 Å². The fourth-order valence-corrected chi connectivity index (χ4v) is 3.85. The number of ether oxygens (including phenoxy) is 2. The van der Waals surface area contributed by atoms with E-state index in [9.17, 15) is 0 Å². The summed E-state index contributed by atoms with van der Waals surface area (Å²) in [5.41, 5.74) is 1.61. The van der Waals surface area contributed by atoms with Crippen molar-refractivity contribution in [3.05, 3.63) is 34.3 Å². The van der Waals surface area contributed by atoms with Crippen molar-refractivity contribution in [1.82, 2.24) is 10.6 Å². The maximum Gasteiger partial charge on any atom is 0.191 e. The van der Waals surface area contributed by atoms with Crippen molar-refractivity contribution < 1.29 is 9.47 Å². The monoisotopic (exact) mass is 437 g/mol. The summed E-state index contributed by atoms with van der Waals surface area (Å²) in [5, 5.41) is 6.80. The average molecular weight is 438 g/mol. The van der Waals surface area contributed by atoms with E-state index in [1.54, 1.807) is 0 Å². The van der Waals surface area contributed by atoms with Crippen molar-refractivity contribution in [3.8, 4) is 0 Å². The van der Waals surface area contributed by atoms with E-state index in [1.165, 1.54) is 18.4 Å². The Kier molecular flexibility index (Phi) is 7.97. The summed E-state index contributed by atoms with van der Waals surface area (Å²) < 4.78 is 12.4. The van der Waals surface area contributed by atoms with Crippen molar-refractivity contribution in [2.45, 2.75) is 50.5 Å². The molecule has 3 rings (SSSR count). The van der Waals surface area contributed by atoms with E-state index in [2.05, 4.69) is 57.8 Å². The van der Waals surface area contributed by atoms with Crippen molar-refractivity contribution in [1.29, 1.82) is 0 Å². The quantitative estimate of drug-likeness (QED) is 0.351. The van der Waals surface area contributed by atoms with Crippen LogP contribution >= 0.6 is 15.9 Å². The molecule has 1 aromatic carbocycles. The fraction of sp³-hybridized carbons (Fsp3) is 0.667. The van der Waals surface area contributed by atoms with Crippen LogP contribution in [0.3, 0.4) is 0 Å². The fourth-order valence-electron chi connectivity index (χ4n) is 3.45. The van der Waals surface area contributed by atoms with E-state index in [0.717, 1.165) is 69.1 Å². The predicted molar refractivity (Wildman–Crippen MR) is 113 cm³/mol. The Hall–Kier alpha value is -1.11. The van der Waals surface area contributed by atoms with Crippen molar-refractivity contribution in [2.75, 3.05) is 39.5 Å². The highest BCUT2D eigenvalue weighted by atomic mass is 79.9. The predicted octanol–water partition coefficient (Wildman–Crippen LogP) is 3.62. The number of hydrogen-bond donors (Lipinski definition) is 2. The molecule has 1 saturated carbocycles. The first kappa shape index (κ1) is 20.6. The van der Waals surface area contributed by atoms with Crippen LogP contribution in [-0.2, 0) is 14.9 Å². The van der Waals surface area contributed by atoms with Crippen molar-refractivity contribution in [2.24, 2.45) is 4.99 Å². The van der Waals surface area contributed by atoms with Gasteiger partial charge in [0.15, 0.2) is 5.96 Å². The third-order valence-electron chi connectivity index (χ3n) is 5.31. The van der Waals surface area contributed by atoms with Gasteiger partial charge >= 0.3 is 0 Å². The second kappa shape index (κ2) is 10.4. The summed E-state index contributed by atoms with van der Waals surface area (Å²) in [6, 6.07) is 8.65. The highest BCUT2D eigenvalue weighted by Crippen LogP contribution is 2.48. The first-order valence-electron chi connectivity index (χ1n) is 10.2. The number of nitrogens with one attached hydrogen (secondary N) is 2. The largest absolute Gasteiger partial charge is 0.381 e. The Labute approximate surface area is 171 Å². The van der Waals surface area contributed by atoms with Crippen LogP contribution in [0.5, 0.6) is 0 Å². The highest BCUT2D eigenvalue weighted by molar-refractivity contribution is 9.10. The van der Waals surface area contributed by atoms with Crippen LogP contribution in [0.4, 0.5) is 0 Å². The van der Waals surface area contributed by atoms with E-state index in [4.69, 9.17) is 14.5 Å². The van der Waals surface area contributed by atoms with E-state index in [0.29, 0.717) is 6.10 Å². The molecule has 150 valence electrons. The number of guanidine groups is 1. The van der Waals surface area contributed by atoms with Crippen molar-refractivity contribution >= 4 is 21.9 Å². The lowest BCUT2D eigenvalue weighted by molar-refractivity contribution is -0.0320. The molecule has 2 N–H and O–H groups in total. The summed E-state index contributed by atoms with van der Waals surface area (Å²) in [6.07, 6.45) is 5.83. The maximum atomic E-state index is 5.93. The molecule has 0 amide bonds. The Balaban J connectivity index is 1.42. The zero-order valence-corrected chi connectivity index (χ0v) is 17.9. The summed E-state index contributed by atoms with van der Waals surface area (Å²) >= 11 is 3.59. The molecule has 1 saturated heterocycles. The molecule has 5 nitrogen and oxygen atoms in total. The van der Waals surface area contributed by atoms with Gasteiger partial charge in [0.25, 0.3) is 0 Å². The lowest BCUT2D eigenvalue weighted by Gasteiger charge is -2.22. The lowest BCUT2D eigenvalue weighted by atomic mass is 9.96. The Morgan fingerprint density at radius 3 is 2.81 bits per heavy atom. The minimum Gasteiger partial charge on any atom is -0.381 e. The first-order chi connectivity index (χ1) is 13.2. The molecule has 1 heterocycles. The molecule has 0 bridgehead atoms. The minimum absolute atomic E-state index is 0.221. The second-order valence-electron chi connectivity index (χ2n) is 7.45. The van der Waals surface area contributed by atoms with Gasteiger partial charge in [0.2, 0.25) is 0 Å². The standard InChI is InChI=1S/C21H32BrN3O2/c1-2-23-20(24-11-4-12-27-19-7-13-26-14-8-19)25-16-21(9-10-21)17-5-3-6-18(22)15-17/h3,5-6,15,19H,2,4,7-14,16H2,1H3,(H2,23,24,25). The lowest BCUT2D eigenvalue weighted by Crippen LogP contribution is -2.38. The number of nitrogens with zero attached hydrogens (tertiary/aromatic N) is 1. The molecular weight excluding hydrogens is 406 g/mol. The summed E-state index contributed by atoms with van der Waals surface area (Å²) in [6.45, 7) is 7.13. The maximum absolute atomic E-state index is 5.93. The summed E-state index contributed by atoms with van der Waals surface area (Å²) in [4.78, 5) is 4.86. The normalized spacial score (nSPS) is 19.7. The van der Waals surface area contributed by atoms with Gasteiger partial charge in [-0.05, 0) is 56.7 Å². The average Bonchev–Trinajstić information content (AvgIpc) is 3.48. The van der Waals surface area contributed by atoms with Crippen molar-refractivity contribution in [3.63, 3.8) is 0 Å². The molecule has 2 fully saturated rings. The molecule has 0 atom stereocenters. The number of rotatable bonds is 9. The zero-order valence-electron chi connectivity index (χ0n) is 16.3. The molecule has 0 unspecified atom stereocenters. The van der Waals surface area contributed by atoms with Crippen LogP contribution in [0.1, 0.15) is 44.6 Å². The molecule has 27 heavy (non-hydrogen) atoms. The Morgan fingerprint density at radius 1 is 1.30 bits per heavy atom. The molecule has 0 aromatic heterocycles. The summed E-state index contributed by atoms with van der Waals surface area (Å²) in [7, 11) is 0. The summed E-state index contributed by atoms with van der Waals surface area (Å²) in [5.74, 6) is 0.907. The van der Waals surface area contributed by atoms with Gasteiger partial charge in [-0.15, -0.1) is 0 Å². The molecule has 1 aliphatic heterocycles. The number of halogens is 1. The third-order valence-corrected chi connectivity index (χ3v) is 5.80. The van der Waals surface area contributed by atoms with Gasteiger partial charge in [-0.1, -0.05) is 28.1 Å². The van der Waals surface area contributed by atoms with Crippen LogP contribution in [-0.4, -0.2) is 51.5 Å². The van der Waals surface area contributed by atoms with E-state index in [1.807, 2.05) is 0 Å². The molecule has 1 aromatic rings.